The Balaban J connectivity index is 1.73. The van der Waals surface area contributed by atoms with Crippen molar-refractivity contribution in [2.24, 2.45) is 0 Å². The summed E-state index contributed by atoms with van der Waals surface area (Å²) in [5, 5.41) is 17.6. The van der Waals surface area contributed by atoms with Crippen LogP contribution in [0.3, 0.4) is 0 Å². The van der Waals surface area contributed by atoms with Gasteiger partial charge in [-0.3, -0.25) is 14.9 Å². The van der Waals surface area contributed by atoms with Crippen LogP contribution in [0, 0.1) is 17.0 Å². The average Bonchev–Trinajstić information content (AvgIpc) is 3.01. The number of non-ortho nitro benzene ring substituents is 1. The van der Waals surface area contributed by atoms with Crippen molar-refractivity contribution in [2.75, 3.05) is 5.32 Å². The van der Waals surface area contributed by atoms with Crippen molar-refractivity contribution in [2.45, 2.75) is 13.3 Å². The molecule has 0 aliphatic carbocycles. The van der Waals surface area contributed by atoms with Crippen molar-refractivity contribution in [1.82, 2.24) is 9.78 Å². The maximum atomic E-state index is 12.3. The number of amides is 1. The summed E-state index contributed by atoms with van der Waals surface area (Å²) in [6, 6.07) is 10.2. The number of benzene rings is 2. The van der Waals surface area contributed by atoms with Crippen LogP contribution in [0.25, 0.3) is 5.69 Å². The van der Waals surface area contributed by atoms with E-state index in [1.165, 1.54) is 47.3 Å². The molecule has 0 fully saturated rings. The molecule has 3 rings (SSSR count). The first-order valence-electron chi connectivity index (χ1n) is 8.10. The molecule has 0 saturated carbocycles. The van der Waals surface area contributed by atoms with Gasteiger partial charge in [0.2, 0.25) is 0 Å². The summed E-state index contributed by atoms with van der Waals surface area (Å²) >= 11 is 0. The van der Waals surface area contributed by atoms with Gasteiger partial charge in [0.15, 0.2) is 0 Å². The number of carbonyl (C=O) groups is 1. The highest BCUT2D eigenvalue weighted by atomic mass is 19.4. The lowest BCUT2D eigenvalue weighted by molar-refractivity contribution is -0.384. The Morgan fingerprint density at radius 2 is 1.76 bits per heavy atom. The summed E-state index contributed by atoms with van der Waals surface area (Å²) in [5.41, 5.74) is 1.47. The molecular weight excluding hydrogens is 393 g/mol. The zero-order valence-electron chi connectivity index (χ0n) is 14.8. The molecule has 1 amide bonds. The first kappa shape index (κ1) is 19.9. The van der Waals surface area contributed by atoms with Crippen LogP contribution < -0.4 is 10.1 Å². The third-order valence-electron chi connectivity index (χ3n) is 3.82. The molecular formula is C18H13F3N4O4. The molecule has 0 spiro atoms. The predicted octanol–water partition coefficient (Wildman–Crippen LogP) is 4.24. The van der Waals surface area contributed by atoms with Gasteiger partial charge in [-0.1, -0.05) is 0 Å². The molecule has 0 aliphatic rings. The minimum atomic E-state index is -4.81. The van der Waals surface area contributed by atoms with Crippen molar-refractivity contribution in [3.63, 3.8) is 0 Å². The van der Waals surface area contributed by atoms with Crippen molar-refractivity contribution in [3.8, 4) is 11.4 Å². The summed E-state index contributed by atoms with van der Waals surface area (Å²) in [5.74, 6) is -0.980. The molecule has 0 aliphatic heterocycles. The number of carbonyl (C=O) groups excluding carboxylic acids is 1. The number of alkyl halides is 3. The van der Waals surface area contributed by atoms with Crippen molar-refractivity contribution < 1.29 is 27.6 Å². The fourth-order valence-corrected chi connectivity index (χ4v) is 2.44. The molecule has 0 saturated heterocycles. The molecule has 29 heavy (non-hydrogen) atoms. The quantitative estimate of drug-likeness (QED) is 0.505. The molecule has 11 heteroatoms. The molecule has 0 unspecified atom stereocenters. The second-order valence-corrected chi connectivity index (χ2v) is 5.87. The number of hydrogen-bond acceptors (Lipinski definition) is 5. The number of hydrogen-bond donors (Lipinski definition) is 1. The Kier molecular flexibility index (Phi) is 5.22. The van der Waals surface area contributed by atoms with Gasteiger partial charge in [0, 0.05) is 17.7 Å². The van der Waals surface area contributed by atoms with Gasteiger partial charge in [0.05, 0.1) is 28.2 Å². The first-order chi connectivity index (χ1) is 13.6. The Bertz CT molecular complexity index is 1040. The number of nitro benzene ring substituents is 1. The Morgan fingerprint density at radius 3 is 2.31 bits per heavy atom. The number of nitro groups is 1. The van der Waals surface area contributed by atoms with E-state index in [-0.39, 0.29) is 11.3 Å². The highest BCUT2D eigenvalue weighted by molar-refractivity contribution is 6.04. The number of rotatable bonds is 5. The van der Waals surface area contributed by atoms with Crippen molar-refractivity contribution in [1.29, 1.82) is 0 Å². The minimum Gasteiger partial charge on any atom is -0.406 e. The summed E-state index contributed by atoms with van der Waals surface area (Å²) in [7, 11) is 0. The highest BCUT2D eigenvalue weighted by Crippen LogP contribution is 2.24. The first-order valence-corrected chi connectivity index (χ1v) is 8.10. The summed E-state index contributed by atoms with van der Waals surface area (Å²) < 4.78 is 41.8. The van der Waals surface area contributed by atoms with E-state index < -0.39 is 22.9 Å². The number of halogens is 3. The van der Waals surface area contributed by atoms with Gasteiger partial charge in [-0.2, -0.15) is 5.10 Å². The number of nitrogens with one attached hydrogen (secondary N) is 1. The lowest BCUT2D eigenvalue weighted by Crippen LogP contribution is -2.17. The van der Waals surface area contributed by atoms with Crippen LogP contribution in [0.1, 0.15) is 16.1 Å². The average molecular weight is 406 g/mol. The predicted molar refractivity (Wildman–Crippen MR) is 96.0 cm³/mol. The van der Waals surface area contributed by atoms with Gasteiger partial charge in [-0.05, 0) is 43.3 Å². The maximum Gasteiger partial charge on any atom is 0.573 e. The molecule has 150 valence electrons. The smallest absolute Gasteiger partial charge is 0.406 e. The third-order valence-corrected chi connectivity index (χ3v) is 3.82. The van der Waals surface area contributed by atoms with Crippen molar-refractivity contribution in [3.05, 3.63) is 76.1 Å². The van der Waals surface area contributed by atoms with Crippen LogP contribution in [-0.4, -0.2) is 27.0 Å². The second kappa shape index (κ2) is 7.62. The van der Waals surface area contributed by atoms with E-state index >= 15 is 0 Å². The standard InChI is InChI=1S/C18H13F3N4O4/c1-11-16(10-24(23-11)13-4-6-14(7-5-13)25(27)28)22-17(26)12-2-8-15(9-3-12)29-18(19,20)21/h2-10H,1H3,(H,22,26). The van der Waals surface area contributed by atoms with Gasteiger partial charge < -0.3 is 10.1 Å². The molecule has 1 aromatic heterocycles. The molecule has 1 heterocycles. The van der Waals surface area contributed by atoms with Gasteiger partial charge in [0.1, 0.15) is 5.75 Å². The summed E-state index contributed by atoms with van der Waals surface area (Å²) in [6.45, 7) is 1.65. The number of anilines is 1. The maximum absolute atomic E-state index is 12.3. The van der Waals surface area contributed by atoms with Crippen molar-refractivity contribution >= 4 is 17.3 Å². The molecule has 0 atom stereocenters. The van der Waals surface area contributed by atoms with E-state index in [1.54, 1.807) is 6.92 Å². The normalized spacial score (nSPS) is 11.2. The van der Waals surface area contributed by atoms with Gasteiger partial charge in [0.25, 0.3) is 11.6 Å². The topological polar surface area (TPSA) is 99.3 Å². The van der Waals surface area contributed by atoms with Crippen LogP contribution in [0.2, 0.25) is 0 Å². The van der Waals surface area contributed by atoms with Crippen LogP contribution >= 0.6 is 0 Å². The molecule has 0 bridgehead atoms. The number of ether oxygens (including phenoxy) is 1. The number of nitrogens with zero attached hydrogens (tertiary/aromatic N) is 3. The largest absolute Gasteiger partial charge is 0.573 e. The van der Waals surface area contributed by atoms with Gasteiger partial charge in [-0.25, -0.2) is 4.68 Å². The van der Waals surface area contributed by atoms with E-state index in [1.807, 2.05) is 0 Å². The summed E-state index contributed by atoms with van der Waals surface area (Å²) in [6.07, 6.45) is -3.29. The Hall–Kier alpha value is -3.89. The van der Waals surface area contributed by atoms with Crippen LogP contribution in [0.15, 0.2) is 54.7 Å². The second-order valence-electron chi connectivity index (χ2n) is 5.87. The third kappa shape index (κ3) is 4.89. The van der Waals surface area contributed by atoms with Crippen LogP contribution in [0.4, 0.5) is 24.5 Å². The molecule has 2 aromatic carbocycles. The van der Waals surface area contributed by atoms with E-state index in [0.29, 0.717) is 17.1 Å². The van der Waals surface area contributed by atoms with Crippen LogP contribution in [-0.2, 0) is 0 Å². The minimum absolute atomic E-state index is 0.0656. The highest BCUT2D eigenvalue weighted by Gasteiger charge is 2.31. The Labute approximate surface area is 161 Å². The molecule has 1 N–H and O–H groups in total. The zero-order valence-corrected chi connectivity index (χ0v) is 14.8. The van der Waals surface area contributed by atoms with E-state index in [9.17, 15) is 28.1 Å². The van der Waals surface area contributed by atoms with E-state index in [4.69, 9.17) is 0 Å². The SMILES string of the molecule is Cc1nn(-c2ccc([N+](=O)[O-])cc2)cc1NC(=O)c1ccc(OC(F)(F)F)cc1. The molecule has 8 nitrogen and oxygen atoms in total. The van der Waals surface area contributed by atoms with Gasteiger partial charge >= 0.3 is 6.36 Å². The zero-order chi connectivity index (χ0) is 21.2. The Morgan fingerprint density at radius 1 is 1.14 bits per heavy atom. The molecule has 0 radical (unpaired) electrons. The van der Waals surface area contributed by atoms with Crippen LogP contribution in [0.5, 0.6) is 5.75 Å². The fourth-order valence-electron chi connectivity index (χ4n) is 2.44. The van der Waals surface area contributed by atoms with E-state index in [2.05, 4.69) is 15.2 Å². The monoisotopic (exact) mass is 406 g/mol. The lowest BCUT2D eigenvalue weighted by Gasteiger charge is -2.09. The lowest BCUT2D eigenvalue weighted by atomic mass is 10.2. The summed E-state index contributed by atoms with van der Waals surface area (Å²) in [4.78, 5) is 22.5. The number of aromatic nitrogens is 2. The fraction of sp³-hybridized carbons (Fsp3) is 0.111. The number of aryl methyl sites for hydroxylation is 1. The van der Waals surface area contributed by atoms with E-state index in [0.717, 1.165) is 12.1 Å². The molecule has 3 aromatic rings. The van der Waals surface area contributed by atoms with Gasteiger partial charge in [-0.15, -0.1) is 13.2 Å².